The maximum atomic E-state index is 11.2. The fourth-order valence-electron chi connectivity index (χ4n) is 1.35. The summed E-state index contributed by atoms with van der Waals surface area (Å²) >= 11 is 0. The maximum Gasteiger partial charge on any atom is 0.363 e. The van der Waals surface area contributed by atoms with E-state index >= 15 is 0 Å². The van der Waals surface area contributed by atoms with Gasteiger partial charge in [0.2, 0.25) is 0 Å². The van der Waals surface area contributed by atoms with Crippen molar-refractivity contribution in [2.24, 2.45) is 0 Å². The SMILES string of the molecule is CCOC(=O)C1O[C@H](C)C[C@H](C)O1. The first-order valence-electron chi connectivity index (χ1n) is 4.61. The lowest BCUT2D eigenvalue weighted by atomic mass is 10.2. The molecule has 1 unspecified atom stereocenters. The van der Waals surface area contributed by atoms with Crippen LogP contribution in [0.1, 0.15) is 27.2 Å². The van der Waals surface area contributed by atoms with Gasteiger partial charge in [0.1, 0.15) is 0 Å². The number of ether oxygens (including phenoxy) is 3. The van der Waals surface area contributed by atoms with Crippen molar-refractivity contribution in [2.75, 3.05) is 6.61 Å². The molecule has 0 aromatic rings. The van der Waals surface area contributed by atoms with Crippen molar-refractivity contribution in [1.82, 2.24) is 0 Å². The molecule has 0 bridgehead atoms. The highest BCUT2D eigenvalue weighted by atomic mass is 16.7. The van der Waals surface area contributed by atoms with Crippen LogP contribution in [0.4, 0.5) is 0 Å². The molecule has 4 heteroatoms. The summed E-state index contributed by atoms with van der Waals surface area (Å²) < 4.78 is 15.3. The van der Waals surface area contributed by atoms with Crippen molar-refractivity contribution in [3.8, 4) is 0 Å². The van der Waals surface area contributed by atoms with E-state index in [4.69, 9.17) is 14.2 Å². The van der Waals surface area contributed by atoms with E-state index in [1.807, 2.05) is 13.8 Å². The third-order valence-corrected chi connectivity index (χ3v) is 1.85. The van der Waals surface area contributed by atoms with Crippen LogP contribution < -0.4 is 0 Å². The average Bonchev–Trinajstić information content (AvgIpc) is 2.03. The normalized spacial score (nSPS) is 34.2. The molecule has 1 saturated heterocycles. The molecule has 1 aliphatic heterocycles. The second-order valence-electron chi connectivity index (χ2n) is 3.21. The Morgan fingerprint density at radius 1 is 1.38 bits per heavy atom. The molecule has 0 aliphatic carbocycles. The Morgan fingerprint density at radius 3 is 2.38 bits per heavy atom. The number of carbonyl (C=O) groups is 1. The van der Waals surface area contributed by atoms with Gasteiger partial charge >= 0.3 is 5.97 Å². The summed E-state index contributed by atoms with van der Waals surface area (Å²) in [7, 11) is 0. The van der Waals surface area contributed by atoms with Gasteiger partial charge in [0.15, 0.2) is 0 Å². The van der Waals surface area contributed by atoms with Crippen molar-refractivity contribution in [1.29, 1.82) is 0 Å². The quantitative estimate of drug-likeness (QED) is 0.608. The number of rotatable bonds is 2. The number of esters is 1. The third-order valence-electron chi connectivity index (χ3n) is 1.85. The lowest BCUT2D eigenvalue weighted by Crippen LogP contribution is -2.41. The highest BCUT2D eigenvalue weighted by Crippen LogP contribution is 2.18. The Labute approximate surface area is 78.2 Å². The van der Waals surface area contributed by atoms with Crippen LogP contribution in [0.25, 0.3) is 0 Å². The van der Waals surface area contributed by atoms with Crippen LogP contribution in [0.3, 0.4) is 0 Å². The van der Waals surface area contributed by atoms with Crippen LogP contribution in [0.2, 0.25) is 0 Å². The molecular formula is C9H16O4. The van der Waals surface area contributed by atoms with Crippen LogP contribution in [-0.4, -0.2) is 31.1 Å². The molecule has 1 rings (SSSR count). The van der Waals surface area contributed by atoms with Crippen LogP contribution >= 0.6 is 0 Å². The first kappa shape index (κ1) is 10.5. The number of hydrogen-bond donors (Lipinski definition) is 0. The molecule has 0 saturated carbocycles. The Bertz CT molecular complexity index is 170. The van der Waals surface area contributed by atoms with Crippen LogP contribution in [-0.2, 0) is 19.0 Å². The lowest BCUT2D eigenvalue weighted by Gasteiger charge is -2.30. The van der Waals surface area contributed by atoms with Gasteiger partial charge < -0.3 is 14.2 Å². The smallest absolute Gasteiger partial charge is 0.363 e. The molecule has 0 amide bonds. The van der Waals surface area contributed by atoms with E-state index in [1.165, 1.54) is 0 Å². The summed E-state index contributed by atoms with van der Waals surface area (Å²) in [6, 6.07) is 0. The summed E-state index contributed by atoms with van der Waals surface area (Å²) in [5, 5.41) is 0. The Balaban J connectivity index is 2.45. The van der Waals surface area contributed by atoms with E-state index in [0.717, 1.165) is 6.42 Å². The molecule has 1 fully saturated rings. The Hall–Kier alpha value is -0.610. The van der Waals surface area contributed by atoms with Crippen LogP contribution in [0.5, 0.6) is 0 Å². The molecule has 76 valence electrons. The molecule has 0 spiro atoms. The molecule has 4 nitrogen and oxygen atoms in total. The summed E-state index contributed by atoms with van der Waals surface area (Å²) in [6.07, 6.45) is 0.0885. The summed E-state index contributed by atoms with van der Waals surface area (Å²) in [5.41, 5.74) is 0. The molecule has 0 radical (unpaired) electrons. The molecule has 0 aromatic heterocycles. The standard InChI is InChI=1S/C9H16O4/c1-4-11-8(10)9-12-6(2)5-7(3)13-9/h6-7,9H,4-5H2,1-3H3/t6-,7+,9?. The molecular weight excluding hydrogens is 172 g/mol. The van der Waals surface area contributed by atoms with Crippen LogP contribution in [0, 0.1) is 0 Å². The van der Waals surface area contributed by atoms with Crippen molar-refractivity contribution < 1.29 is 19.0 Å². The first-order valence-corrected chi connectivity index (χ1v) is 4.61. The highest BCUT2D eigenvalue weighted by Gasteiger charge is 2.31. The van der Waals surface area contributed by atoms with Gasteiger partial charge in [0, 0.05) is 0 Å². The zero-order chi connectivity index (χ0) is 9.84. The van der Waals surface area contributed by atoms with Crippen molar-refractivity contribution in [2.45, 2.75) is 45.7 Å². The molecule has 0 N–H and O–H groups in total. The predicted octanol–water partition coefficient (Wildman–Crippen LogP) is 1.09. The van der Waals surface area contributed by atoms with Gasteiger partial charge in [-0.2, -0.15) is 0 Å². The first-order chi connectivity index (χ1) is 6.13. The fraction of sp³-hybridized carbons (Fsp3) is 0.889. The minimum atomic E-state index is -0.835. The van der Waals surface area contributed by atoms with E-state index in [9.17, 15) is 4.79 Å². The van der Waals surface area contributed by atoms with E-state index in [0.29, 0.717) is 6.61 Å². The lowest BCUT2D eigenvalue weighted by molar-refractivity contribution is -0.243. The van der Waals surface area contributed by atoms with Crippen molar-refractivity contribution in [3.05, 3.63) is 0 Å². The molecule has 3 atom stereocenters. The molecule has 13 heavy (non-hydrogen) atoms. The van der Waals surface area contributed by atoms with E-state index in [-0.39, 0.29) is 12.2 Å². The fourth-order valence-corrected chi connectivity index (χ4v) is 1.35. The second-order valence-corrected chi connectivity index (χ2v) is 3.21. The molecule has 1 heterocycles. The minimum absolute atomic E-state index is 0.0538. The molecule has 1 aliphatic rings. The van der Waals surface area contributed by atoms with Gasteiger partial charge in [-0.15, -0.1) is 0 Å². The minimum Gasteiger partial charge on any atom is -0.462 e. The average molecular weight is 188 g/mol. The Kier molecular flexibility index (Phi) is 3.69. The zero-order valence-electron chi connectivity index (χ0n) is 8.28. The largest absolute Gasteiger partial charge is 0.462 e. The summed E-state index contributed by atoms with van der Waals surface area (Å²) in [6.45, 7) is 5.95. The van der Waals surface area contributed by atoms with Crippen LogP contribution in [0.15, 0.2) is 0 Å². The van der Waals surface area contributed by atoms with Gasteiger partial charge in [-0.3, -0.25) is 0 Å². The molecule has 0 aromatic carbocycles. The van der Waals surface area contributed by atoms with E-state index in [1.54, 1.807) is 6.92 Å². The summed E-state index contributed by atoms with van der Waals surface area (Å²) in [5.74, 6) is -0.430. The van der Waals surface area contributed by atoms with Crippen molar-refractivity contribution in [3.63, 3.8) is 0 Å². The van der Waals surface area contributed by atoms with E-state index in [2.05, 4.69) is 0 Å². The van der Waals surface area contributed by atoms with Crippen molar-refractivity contribution >= 4 is 5.97 Å². The zero-order valence-corrected chi connectivity index (χ0v) is 8.28. The topological polar surface area (TPSA) is 44.8 Å². The van der Waals surface area contributed by atoms with Gasteiger partial charge in [0.25, 0.3) is 6.29 Å². The third kappa shape index (κ3) is 2.97. The Morgan fingerprint density at radius 2 is 1.92 bits per heavy atom. The van der Waals surface area contributed by atoms with E-state index < -0.39 is 12.3 Å². The predicted molar refractivity (Wildman–Crippen MR) is 46.1 cm³/mol. The maximum absolute atomic E-state index is 11.2. The van der Waals surface area contributed by atoms with Gasteiger partial charge in [-0.05, 0) is 27.2 Å². The van der Waals surface area contributed by atoms with Gasteiger partial charge in [-0.25, -0.2) is 4.79 Å². The summed E-state index contributed by atoms with van der Waals surface area (Å²) in [4.78, 5) is 11.2. The second kappa shape index (κ2) is 4.58. The number of carbonyl (C=O) groups excluding carboxylic acids is 1. The number of hydrogen-bond acceptors (Lipinski definition) is 4. The monoisotopic (exact) mass is 188 g/mol. The van der Waals surface area contributed by atoms with Gasteiger partial charge in [-0.1, -0.05) is 0 Å². The van der Waals surface area contributed by atoms with Gasteiger partial charge in [0.05, 0.1) is 18.8 Å². The highest BCUT2D eigenvalue weighted by molar-refractivity contribution is 5.73.